The average Bonchev–Trinajstić information content (AvgIpc) is 2.91. The predicted octanol–water partition coefficient (Wildman–Crippen LogP) is 9.17. The zero-order chi connectivity index (χ0) is 33.5. The lowest BCUT2D eigenvalue weighted by Gasteiger charge is -2.35. The van der Waals surface area contributed by atoms with E-state index in [-0.39, 0.29) is 11.5 Å². The normalized spacial score (nSPS) is 21.6. The molecule has 0 aromatic rings. The van der Waals surface area contributed by atoms with Gasteiger partial charge in [0, 0.05) is 0 Å². The maximum Gasteiger partial charge on any atom is 0.189 e. The van der Waals surface area contributed by atoms with Gasteiger partial charge in [-0.2, -0.15) is 0 Å². The van der Waals surface area contributed by atoms with E-state index in [9.17, 15) is 20.1 Å². The first-order valence-electron chi connectivity index (χ1n) is 15.9. The van der Waals surface area contributed by atoms with E-state index < -0.39 is 17.5 Å². The lowest BCUT2D eigenvalue weighted by molar-refractivity contribution is -0.142. The monoisotopic (exact) mass is 602 g/mol. The van der Waals surface area contributed by atoms with Gasteiger partial charge in [-0.05, 0) is 90.2 Å². The van der Waals surface area contributed by atoms with E-state index in [4.69, 9.17) is 0 Å². The first-order chi connectivity index (χ1) is 20.5. The minimum atomic E-state index is -1.79. The van der Waals surface area contributed by atoms with Crippen LogP contribution in [0.5, 0.6) is 0 Å². The largest absolute Gasteiger partial charge is 0.393 e. The predicted molar refractivity (Wildman–Crippen MR) is 188 cm³/mol. The first-order valence-corrected chi connectivity index (χ1v) is 15.9. The van der Waals surface area contributed by atoms with Crippen LogP contribution in [0.1, 0.15) is 94.9 Å². The summed E-state index contributed by atoms with van der Waals surface area (Å²) in [6.45, 7) is 20.1. The molecule has 3 atom stereocenters. The van der Waals surface area contributed by atoms with Gasteiger partial charge < -0.3 is 15.3 Å². The van der Waals surface area contributed by atoms with Gasteiger partial charge in [0.15, 0.2) is 5.78 Å². The molecule has 0 radical (unpaired) electrons. The Morgan fingerprint density at radius 3 is 1.82 bits per heavy atom. The van der Waals surface area contributed by atoms with E-state index in [1.165, 1.54) is 29.7 Å². The smallest absolute Gasteiger partial charge is 0.189 e. The van der Waals surface area contributed by atoms with E-state index >= 15 is 0 Å². The Bertz CT molecular complexity index is 1270. The summed E-state index contributed by atoms with van der Waals surface area (Å²) in [6.07, 6.45) is 28.9. The SMILES string of the molecule is CC1=C(/C=C/C(C)=C/C=C/C(C)=C/C=C/C=C(C)/C=C/C=C(C)/C=C/C(=O)C(C)(O)C(O)CCC(C)C)C(C)(C)CC(O)C1. The fourth-order valence-electron chi connectivity index (χ4n) is 5.05. The number of allylic oxidation sites excluding steroid dienone is 18. The summed E-state index contributed by atoms with van der Waals surface area (Å²) in [5.41, 5.74) is 5.04. The maximum absolute atomic E-state index is 12.5. The highest BCUT2D eigenvalue weighted by atomic mass is 16.3. The van der Waals surface area contributed by atoms with Crippen LogP contribution in [0.25, 0.3) is 0 Å². The highest BCUT2D eigenvalue weighted by molar-refractivity contribution is 5.97. The van der Waals surface area contributed by atoms with Crippen molar-refractivity contribution < 1.29 is 20.1 Å². The molecule has 0 aliphatic heterocycles. The van der Waals surface area contributed by atoms with Gasteiger partial charge in [-0.3, -0.25) is 4.79 Å². The molecule has 0 saturated carbocycles. The molecule has 0 heterocycles. The van der Waals surface area contributed by atoms with Crippen LogP contribution in [0.3, 0.4) is 0 Å². The Kier molecular flexibility index (Phi) is 16.6. The summed E-state index contributed by atoms with van der Waals surface area (Å²) in [4.78, 5) is 12.5. The van der Waals surface area contributed by atoms with Crippen molar-refractivity contribution in [1.29, 1.82) is 0 Å². The highest BCUT2D eigenvalue weighted by Gasteiger charge is 2.36. The molecule has 1 rings (SSSR count). The minimum Gasteiger partial charge on any atom is -0.393 e. The number of ketones is 1. The average molecular weight is 603 g/mol. The van der Waals surface area contributed by atoms with Crippen LogP contribution in [0.4, 0.5) is 0 Å². The molecule has 1 aliphatic rings. The quantitative estimate of drug-likeness (QED) is 0.129. The molecule has 3 N–H and O–H groups in total. The van der Waals surface area contributed by atoms with Crippen LogP contribution in [-0.2, 0) is 4.79 Å². The lowest BCUT2D eigenvalue weighted by atomic mass is 9.71. The summed E-state index contributed by atoms with van der Waals surface area (Å²) >= 11 is 0. The second kappa shape index (κ2) is 18.7. The number of carbonyl (C=O) groups excluding carboxylic acids is 1. The summed E-state index contributed by atoms with van der Waals surface area (Å²) in [7, 11) is 0. The zero-order valence-corrected chi connectivity index (χ0v) is 28.9. The van der Waals surface area contributed by atoms with Crippen LogP contribution in [0, 0.1) is 11.3 Å². The first kappa shape index (κ1) is 39.0. The molecule has 0 aromatic carbocycles. The molecule has 4 heteroatoms. The third-order valence-corrected chi connectivity index (χ3v) is 7.92. The standard InChI is InChI=1S/C40H58O4/c1-29(2)21-25-37(42)40(10,44)38(43)26-23-33(6)20-14-18-31(4)16-12-11-15-30(3)17-13-19-32(5)22-24-36-34(7)27-35(41)28-39(36,8)9/h11-20,22-24,26,29,35,37,41-42,44H,21,25,27-28H2,1-10H3/b12-11+,17-13+,18-14+,24-22+,26-23+,30-15+,31-16+,32-19+,33-20+. The molecule has 0 spiro atoms. The van der Waals surface area contributed by atoms with Crippen LogP contribution >= 0.6 is 0 Å². The summed E-state index contributed by atoms with van der Waals surface area (Å²) < 4.78 is 0. The van der Waals surface area contributed by atoms with Crippen molar-refractivity contribution in [2.75, 3.05) is 0 Å². The topological polar surface area (TPSA) is 77.8 Å². The molecule has 0 aromatic heterocycles. The Balaban J connectivity index is 2.66. The van der Waals surface area contributed by atoms with E-state index in [1.807, 2.05) is 64.2 Å². The van der Waals surface area contributed by atoms with Gasteiger partial charge in [-0.15, -0.1) is 0 Å². The molecule has 3 unspecified atom stereocenters. The van der Waals surface area contributed by atoms with Gasteiger partial charge in [0.05, 0.1) is 12.2 Å². The molecule has 0 amide bonds. The van der Waals surface area contributed by atoms with Crippen LogP contribution < -0.4 is 0 Å². The van der Waals surface area contributed by atoms with Gasteiger partial charge in [-0.1, -0.05) is 135 Å². The molecule has 0 saturated heterocycles. The number of hydrogen-bond acceptors (Lipinski definition) is 4. The minimum absolute atomic E-state index is 0.0144. The van der Waals surface area contributed by atoms with Crippen molar-refractivity contribution in [3.8, 4) is 0 Å². The molecular formula is C40H58O4. The van der Waals surface area contributed by atoms with Gasteiger partial charge in [0.1, 0.15) is 5.60 Å². The van der Waals surface area contributed by atoms with E-state index in [0.717, 1.165) is 36.0 Å². The summed E-state index contributed by atoms with van der Waals surface area (Å²) in [5.74, 6) is -0.105. The van der Waals surface area contributed by atoms with Crippen LogP contribution in [0.15, 0.2) is 119 Å². The van der Waals surface area contributed by atoms with Crippen molar-refractivity contribution in [1.82, 2.24) is 0 Å². The third-order valence-electron chi connectivity index (χ3n) is 7.92. The number of aliphatic hydroxyl groups excluding tert-OH is 2. The lowest BCUT2D eigenvalue weighted by Crippen LogP contribution is -2.46. The van der Waals surface area contributed by atoms with Crippen LogP contribution in [-0.4, -0.2) is 38.9 Å². The van der Waals surface area contributed by atoms with Crippen molar-refractivity contribution in [2.45, 2.75) is 113 Å². The number of hydrogen-bond donors (Lipinski definition) is 3. The van der Waals surface area contributed by atoms with Gasteiger partial charge in [-0.25, -0.2) is 0 Å². The van der Waals surface area contributed by atoms with E-state index in [0.29, 0.717) is 12.3 Å². The van der Waals surface area contributed by atoms with E-state index in [1.54, 1.807) is 6.08 Å². The molecule has 4 nitrogen and oxygen atoms in total. The van der Waals surface area contributed by atoms with Crippen molar-refractivity contribution in [3.05, 3.63) is 119 Å². The number of aliphatic hydroxyl groups is 3. The molecule has 0 fully saturated rings. The van der Waals surface area contributed by atoms with Crippen molar-refractivity contribution in [2.24, 2.45) is 11.3 Å². The number of carbonyl (C=O) groups is 1. The Labute approximate surface area is 268 Å². The maximum atomic E-state index is 12.5. The molecule has 1 aliphatic carbocycles. The molecule has 44 heavy (non-hydrogen) atoms. The van der Waals surface area contributed by atoms with Crippen molar-refractivity contribution >= 4 is 5.78 Å². The summed E-state index contributed by atoms with van der Waals surface area (Å²) in [5, 5.41) is 30.9. The highest BCUT2D eigenvalue weighted by Crippen LogP contribution is 2.41. The van der Waals surface area contributed by atoms with Gasteiger partial charge >= 0.3 is 0 Å². The van der Waals surface area contributed by atoms with Crippen molar-refractivity contribution in [3.63, 3.8) is 0 Å². The Morgan fingerprint density at radius 2 is 1.32 bits per heavy atom. The summed E-state index contributed by atoms with van der Waals surface area (Å²) in [6, 6.07) is 0. The Hall–Kier alpha value is -3.05. The van der Waals surface area contributed by atoms with Crippen LogP contribution in [0.2, 0.25) is 0 Å². The zero-order valence-electron chi connectivity index (χ0n) is 28.9. The Morgan fingerprint density at radius 1 is 0.841 bits per heavy atom. The molecule has 0 bridgehead atoms. The molecule has 242 valence electrons. The van der Waals surface area contributed by atoms with Gasteiger partial charge in [0.25, 0.3) is 0 Å². The number of rotatable bonds is 15. The van der Waals surface area contributed by atoms with Gasteiger partial charge in [0.2, 0.25) is 0 Å². The second-order valence-corrected chi connectivity index (χ2v) is 13.6. The fourth-order valence-corrected chi connectivity index (χ4v) is 5.05. The molecular weight excluding hydrogens is 544 g/mol. The fraction of sp³-hybridized carbons (Fsp3) is 0.475. The second-order valence-electron chi connectivity index (χ2n) is 13.6. The third kappa shape index (κ3) is 14.6. The van der Waals surface area contributed by atoms with E-state index in [2.05, 4.69) is 71.1 Å².